The quantitative estimate of drug-likeness (QED) is 0.600. The lowest BCUT2D eigenvalue weighted by Crippen LogP contribution is -2.31. The molecule has 0 radical (unpaired) electrons. The average Bonchev–Trinajstić information content (AvgIpc) is 3.07. The Hall–Kier alpha value is -2.67. The molecule has 2 rings (SSSR count). The number of ether oxygens (including phenoxy) is 2. The van der Waals surface area contributed by atoms with Crippen molar-refractivity contribution in [3.05, 3.63) is 59.6 Å². The highest BCUT2D eigenvalue weighted by Crippen LogP contribution is 2.24. The van der Waals surface area contributed by atoms with Gasteiger partial charge in [0.05, 0.1) is 13.3 Å². The van der Waals surface area contributed by atoms with Crippen molar-refractivity contribution in [1.29, 1.82) is 0 Å². The maximum atomic E-state index is 12.3. The van der Waals surface area contributed by atoms with Crippen LogP contribution in [0.4, 0.5) is 9.93 Å². The van der Waals surface area contributed by atoms with Crippen molar-refractivity contribution in [2.75, 3.05) is 18.6 Å². The SMILES string of the molecule is C=CCN(C(=O)OCc1ccccc1)c1ncc(C(=O)OC)s1. The lowest BCUT2D eigenvalue weighted by molar-refractivity contribution is 0.0606. The van der Waals surface area contributed by atoms with E-state index in [2.05, 4.69) is 16.3 Å². The van der Waals surface area contributed by atoms with Crippen LogP contribution in [0.25, 0.3) is 0 Å². The van der Waals surface area contributed by atoms with Crippen molar-refractivity contribution < 1.29 is 19.1 Å². The molecule has 6 nitrogen and oxygen atoms in total. The molecule has 1 amide bonds. The molecular formula is C16H16N2O4S. The molecule has 1 aromatic carbocycles. The van der Waals surface area contributed by atoms with Crippen LogP contribution in [-0.4, -0.2) is 30.7 Å². The molecule has 0 saturated heterocycles. The lowest BCUT2D eigenvalue weighted by Gasteiger charge is -2.17. The van der Waals surface area contributed by atoms with Gasteiger partial charge >= 0.3 is 12.1 Å². The molecule has 7 heteroatoms. The monoisotopic (exact) mass is 332 g/mol. The van der Waals surface area contributed by atoms with Gasteiger partial charge in [-0.05, 0) is 5.56 Å². The molecule has 0 aliphatic heterocycles. The minimum atomic E-state index is -0.556. The Morgan fingerprint density at radius 2 is 2.09 bits per heavy atom. The van der Waals surface area contributed by atoms with E-state index in [1.165, 1.54) is 18.2 Å². The number of benzene rings is 1. The molecule has 0 saturated carbocycles. The summed E-state index contributed by atoms with van der Waals surface area (Å²) in [7, 11) is 1.29. The van der Waals surface area contributed by atoms with Crippen LogP contribution in [-0.2, 0) is 16.1 Å². The minimum absolute atomic E-state index is 0.155. The van der Waals surface area contributed by atoms with E-state index < -0.39 is 12.1 Å². The number of hydrogen-bond donors (Lipinski definition) is 0. The first kappa shape index (κ1) is 16.7. The number of methoxy groups -OCH3 is 1. The topological polar surface area (TPSA) is 68.7 Å². The fraction of sp³-hybridized carbons (Fsp3) is 0.188. The molecule has 0 atom stereocenters. The zero-order chi connectivity index (χ0) is 16.7. The van der Waals surface area contributed by atoms with Gasteiger partial charge in [-0.1, -0.05) is 47.7 Å². The Morgan fingerprint density at radius 3 is 2.74 bits per heavy atom. The fourth-order valence-corrected chi connectivity index (χ4v) is 2.58. The molecule has 1 aromatic heterocycles. The smallest absolute Gasteiger partial charge is 0.416 e. The van der Waals surface area contributed by atoms with Gasteiger partial charge in [-0.25, -0.2) is 19.5 Å². The summed E-state index contributed by atoms with van der Waals surface area (Å²) in [5, 5.41) is 0.350. The van der Waals surface area contributed by atoms with Gasteiger partial charge in [-0.3, -0.25) is 0 Å². The van der Waals surface area contributed by atoms with Gasteiger partial charge in [0.25, 0.3) is 0 Å². The predicted octanol–water partition coefficient (Wildman–Crippen LogP) is 3.26. The summed E-state index contributed by atoms with van der Waals surface area (Å²) < 4.78 is 9.91. The van der Waals surface area contributed by atoms with Gasteiger partial charge in [0.15, 0.2) is 5.13 Å². The number of aromatic nitrogens is 1. The van der Waals surface area contributed by atoms with E-state index in [1.54, 1.807) is 6.08 Å². The fourth-order valence-electron chi connectivity index (χ4n) is 1.74. The number of nitrogens with zero attached hydrogens (tertiary/aromatic N) is 2. The largest absolute Gasteiger partial charge is 0.465 e. The molecule has 0 spiro atoms. The second-order valence-corrected chi connectivity index (χ2v) is 5.45. The van der Waals surface area contributed by atoms with E-state index in [-0.39, 0.29) is 13.2 Å². The average molecular weight is 332 g/mol. The molecular weight excluding hydrogens is 316 g/mol. The maximum Gasteiger partial charge on any atom is 0.416 e. The standard InChI is InChI=1S/C16H16N2O4S/c1-3-9-18(15-17-10-13(23-15)14(19)21-2)16(20)22-11-12-7-5-4-6-8-12/h3-8,10H,1,9,11H2,2H3. The van der Waals surface area contributed by atoms with Gasteiger partial charge in [-0.2, -0.15) is 0 Å². The third-order valence-electron chi connectivity index (χ3n) is 2.85. The van der Waals surface area contributed by atoms with Crippen LogP contribution in [0.2, 0.25) is 0 Å². The molecule has 0 aliphatic carbocycles. The highest BCUT2D eigenvalue weighted by atomic mass is 32.1. The molecule has 0 bridgehead atoms. The van der Waals surface area contributed by atoms with E-state index in [0.717, 1.165) is 16.9 Å². The summed E-state index contributed by atoms with van der Waals surface area (Å²) in [6.45, 7) is 4.00. The summed E-state index contributed by atoms with van der Waals surface area (Å²) in [6.07, 6.45) is 2.37. The zero-order valence-corrected chi connectivity index (χ0v) is 13.4. The normalized spacial score (nSPS) is 9.96. The summed E-state index contributed by atoms with van der Waals surface area (Å²) in [5.74, 6) is -0.495. The molecule has 120 valence electrons. The van der Waals surface area contributed by atoms with E-state index in [1.807, 2.05) is 30.3 Å². The lowest BCUT2D eigenvalue weighted by atomic mass is 10.2. The maximum absolute atomic E-state index is 12.3. The van der Waals surface area contributed by atoms with E-state index >= 15 is 0 Å². The van der Waals surface area contributed by atoms with Crippen molar-refractivity contribution in [1.82, 2.24) is 4.98 Å². The summed E-state index contributed by atoms with van der Waals surface area (Å²) >= 11 is 1.06. The van der Waals surface area contributed by atoms with E-state index in [9.17, 15) is 9.59 Å². The molecule has 0 fully saturated rings. The molecule has 0 N–H and O–H groups in total. The third kappa shape index (κ3) is 4.40. The molecule has 2 aromatic rings. The number of rotatable bonds is 6. The van der Waals surface area contributed by atoms with Gasteiger partial charge in [0.2, 0.25) is 0 Å². The van der Waals surface area contributed by atoms with E-state index in [0.29, 0.717) is 10.0 Å². The second-order valence-electron chi connectivity index (χ2n) is 4.44. The Kier molecular flexibility index (Phi) is 5.87. The molecule has 0 aliphatic rings. The summed E-state index contributed by atoms with van der Waals surface area (Å²) in [5.41, 5.74) is 0.883. The number of esters is 1. The van der Waals surface area contributed by atoms with Crippen molar-refractivity contribution in [3.63, 3.8) is 0 Å². The third-order valence-corrected chi connectivity index (χ3v) is 3.85. The number of carbonyl (C=O) groups excluding carboxylic acids is 2. The molecule has 0 unspecified atom stereocenters. The van der Waals surface area contributed by atoms with Crippen molar-refractivity contribution >= 4 is 28.5 Å². The van der Waals surface area contributed by atoms with Gasteiger partial charge in [0.1, 0.15) is 11.5 Å². The molecule has 23 heavy (non-hydrogen) atoms. The number of amides is 1. The first-order valence-corrected chi connectivity index (χ1v) is 7.60. The van der Waals surface area contributed by atoms with Crippen molar-refractivity contribution in [2.24, 2.45) is 0 Å². The van der Waals surface area contributed by atoms with Gasteiger partial charge < -0.3 is 9.47 Å². The Labute approximate surface area is 138 Å². The highest BCUT2D eigenvalue weighted by molar-refractivity contribution is 7.17. The van der Waals surface area contributed by atoms with Gasteiger partial charge in [0, 0.05) is 6.54 Å². The first-order chi connectivity index (χ1) is 11.2. The van der Waals surface area contributed by atoms with E-state index in [4.69, 9.17) is 4.74 Å². The number of hydrogen-bond acceptors (Lipinski definition) is 6. The Morgan fingerprint density at radius 1 is 1.35 bits per heavy atom. The predicted molar refractivity (Wildman–Crippen MR) is 87.6 cm³/mol. The highest BCUT2D eigenvalue weighted by Gasteiger charge is 2.21. The number of thiazole rings is 1. The van der Waals surface area contributed by atoms with Crippen LogP contribution in [0, 0.1) is 0 Å². The van der Waals surface area contributed by atoms with Crippen LogP contribution < -0.4 is 4.90 Å². The summed E-state index contributed by atoms with van der Waals surface area (Å²) in [6, 6.07) is 9.36. The zero-order valence-electron chi connectivity index (χ0n) is 12.6. The van der Waals surface area contributed by atoms with Gasteiger partial charge in [-0.15, -0.1) is 6.58 Å². The second kappa shape index (κ2) is 8.09. The van der Waals surface area contributed by atoms with Crippen LogP contribution in [0.5, 0.6) is 0 Å². The first-order valence-electron chi connectivity index (χ1n) is 6.79. The van der Waals surface area contributed by atoms with Crippen LogP contribution in [0.1, 0.15) is 15.2 Å². The number of carbonyl (C=O) groups is 2. The minimum Gasteiger partial charge on any atom is -0.465 e. The molecule has 1 heterocycles. The van der Waals surface area contributed by atoms with Crippen LogP contribution >= 0.6 is 11.3 Å². The Bertz CT molecular complexity index is 684. The van der Waals surface area contributed by atoms with Crippen molar-refractivity contribution in [3.8, 4) is 0 Å². The number of anilines is 1. The summed E-state index contributed by atoms with van der Waals surface area (Å²) in [4.78, 5) is 29.4. The van der Waals surface area contributed by atoms with Crippen LogP contribution in [0.3, 0.4) is 0 Å². The Balaban J connectivity index is 2.07. The van der Waals surface area contributed by atoms with Crippen molar-refractivity contribution in [2.45, 2.75) is 6.61 Å². The van der Waals surface area contributed by atoms with Crippen LogP contribution in [0.15, 0.2) is 49.2 Å².